The van der Waals surface area contributed by atoms with Gasteiger partial charge in [-0.3, -0.25) is 9.59 Å². The summed E-state index contributed by atoms with van der Waals surface area (Å²) in [6.07, 6.45) is 4.72. The highest BCUT2D eigenvalue weighted by molar-refractivity contribution is 5.81. The van der Waals surface area contributed by atoms with E-state index in [2.05, 4.69) is 15.3 Å². The molecular formula is C20H24N4O4. The minimum atomic E-state index is -0.326. The van der Waals surface area contributed by atoms with Gasteiger partial charge in [0.05, 0.1) is 13.0 Å². The van der Waals surface area contributed by atoms with Gasteiger partial charge in [0.2, 0.25) is 5.95 Å². The fourth-order valence-corrected chi connectivity index (χ4v) is 3.02. The number of methoxy groups -OCH3 is 1. The van der Waals surface area contributed by atoms with Gasteiger partial charge in [0, 0.05) is 32.0 Å². The number of carbonyl (C=O) groups is 2. The molecule has 0 saturated carbocycles. The van der Waals surface area contributed by atoms with Gasteiger partial charge in [0.1, 0.15) is 5.75 Å². The van der Waals surface area contributed by atoms with Crippen LogP contribution < -0.4 is 15.0 Å². The number of anilines is 1. The third-order valence-electron chi connectivity index (χ3n) is 4.66. The lowest BCUT2D eigenvalue weighted by molar-refractivity contribution is -0.153. The van der Waals surface area contributed by atoms with Crippen molar-refractivity contribution in [3.8, 4) is 5.75 Å². The maximum atomic E-state index is 12.2. The second-order valence-electron chi connectivity index (χ2n) is 6.54. The van der Waals surface area contributed by atoms with Crippen molar-refractivity contribution in [2.75, 3.05) is 31.7 Å². The predicted molar refractivity (Wildman–Crippen MR) is 103 cm³/mol. The Morgan fingerprint density at radius 3 is 2.46 bits per heavy atom. The van der Waals surface area contributed by atoms with E-state index < -0.39 is 0 Å². The van der Waals surface area contributed by atoms with Gasteiger partial charge in [-0.05, 0) is 36.6 Å². The molecule has 0 spiro atoms. The molecule has 1 aromatic carbocycles. The van der Waals surface area contributed by atoms with Crippen LogP contribution in [0, 0.1) is 5.92 Å². The van der Waals surface area contributed by atoms with Crippen LogP contribution in [0.4, 0.5) is 5.95 Å². The van der Waals surface area contributed by atoms with Crippen LogP contribution >= 0.6 is 0 Å². The summed E-state index contributed by atoms with van der Waals surface area (Å²) in [5, 5.41) is 2.74. The Hall–Kier alpha value is -3.16. The lowest BCUT2D eigenvalue weighted by Crippen LogP contribution is -2.38. The highest BCUT2D eigenvalue weighted by atomic mass is 16.5. The van der Waals surface area contributed by atoms with E-state index in [0.717, 1.165) is 11.3 Å². The minimum absolute atomic E-state index is 0.200. The minimum Gasteiger partial charge on any atom is -0.497 e. The SMILES string of the molecule is COc1ccc(CNC(=O)COC(=O)C2CCN(c3ncccn3)CC2)cc1. The van der Waals surface area contributed by atoms with Gasteiger partial charge in [0.25, 0.3) is 5.91 Å². The molecular weight excluding hydrogens is 360 g/mol. The normalized spacial score (nSPS) is 14.4. The zero-order valence-corrected chi connectivity index (χ0v) is 15.8. The molecule has 0 atom stereocenters. The van der Waals surface area contributed by atoms with Crippen LogP contribution in [0.3, 0.4) is 0 Å². The van der Waals surface area contributed by atoms with Crippen LogP contribution in [0.25, 0.3) is 0 Å². The van der Waals surface area contributed by atoms with Crippen molar-refractivity contribution < 1.29 is 19.1 Å². The average molecular weight is 384 g/mol. The largest absolute Gasteiger partial charge is 0.497 e. The van der Waals surface area contributed by atoms with Crippen molar-refractivity contribution >= 4 is 17.8 Å². The molecule has 1 aromatic heterocycles. The molecule has 0 radical (unpaired) electrons. The summed E-state index contributed by atoms with van der Waals surface area (Å²) >= 11 is 0. The highest BCUT2D eigenvalue weighted by Gasteiger charge is 2.27. The van der Waals surface area contributed by atoms with Crippen molar-refractivity contribution in [1.82, 2.24) is 15.3 Å². The van der Waals surface area contributed by atoms with E-state index in [1.807, 2.05) is 29.2 Å². The molecule has 148 valence electrons. The smallest absolute Gasteiger partial charge is 0.309 e. The number of amides is 1. The average Bonchev–Trinajstić information content (AvgIpc) is 2.77. The van der Waals surface area contributed by atoms with Crippen molar-refractivity contribution in [3.05, 3.63) is 48.3 Å². The van der Waals surface area contributed by atoms with E-state index >= 15 is 0 Å². The third-order valence-corrected chi connectivity index (χ3v) is 4.66. The quantitative estimate of drug-likeness (QED) is 0.724. The molecule has 1 amide bonds. The molecule has 3 rings (SSSR count). The predicted octanol–water partition coefficient (Wildman–Crippen LogP) is 1.56. The van der Waals surface area contributed by atoms with Gasteiger partial charge in [-0.2, -0.15) is 0 Å². The fourth-order valence-electron chi connectivity index (χ4n) is 3.02. The number of piperidine rings is 1. The third kappa shape index (κ3) is 5.42. The van der Waals surface area contributed by atoms with Gasteiger partial charge < -0.3 is 19.7 Å². The molecule has 1 saturated heterocycles. The number of hydrogen-bond acceptors (Lipinski definition) is 7. The first-order chi connectivity index (χ1) is 13.7. The topological polar surface area (TPSA) is 93.6 Å². The molecule has 1 N–H and O–H groups in total. The van der Waals surface area contributed by atoms with Gasteiger partial charge in [-0.1, -0.05) is 12.1 Å². The Kier molecular flexibility index (Phi) is 6.78. The molecule has 0 unspecified atom stereocenters. The summed E-state index contributed by atoms with van der Waals surface area (Å²) in [5.74, 6) is 0.586. The monoisotopic (exact) mass is 384 g/mol. The van der Waals surface area contributed by atoms with Crippen LogP contribution in [0.15, 0.2) is 42.7 Å². The van der Waals surface area contributed by atoms with Crippen LogP contribution in [0.5, 0.6) is 5.75 Å². The zero-order valence-electron chi connectivity index (χ0n) is 15.8. The molecule has 8 nitrogen and oxygen atoms in total. The molecule has 28 heavy (non-hydrogen) atoms. The summed E-state index contributed by atoms with van der Waals surface area (Å²) in [7, 11) is 1.60. The van der Waals surface area contributed by atoms with Crippen LogP contribution in [0.2, 0.25) is 0 Å². The first-order valence-electron chi connectivity index (χ1n) is 9.24. The van der Waals surface area contributed by atoms with Gasteiger partial charge >= 0.3 is 5.97 Å². The van der Waals surface area contributed by atoms with Crippen LogP contribution in [-0.4, -0.2) is 48.7 Å². The van der Waals surface area contributed by atoms with Gasteiger partial charge in [-0.15, -0.1) is 0 Å². The Bertz CT molecular complexity index is 775. The first-order valence-corrected chi connectivity index (χ1v) is 9.24. The first kappa shape index (κ1) is 19.6. The Morgan fingerprint density at radius 2 is 1.82 bits per heavy atom. The maximum absolute atomic E-state index is 12.2. The number of nitrogens with zero attached hydrogens (tertiary/aromatic N) is 3. The molecule has 8 heteroatoms. The summed E-state index contributed by atoms with van der Waals surface area (Å²) in [6, 6.07) is 9.17. The number of aromatic nitrogens is 2. The second kappa shape index (κ2) is 9.68. The molecule has 1 aliphatic heterocycles. The number of esters is 1. The van der Waals surface area contributed by atoms with Crippen LogP contribution in [0.1, 0.15) is 18.4 Å². The van der Waals surface area contributed by atoms with E-state index in [9.17, 15) is 9.59 Å². The van der Waals surface area contributed by atoms with Gasteiger partial charge in [0.15, 0.2) is 6.61 Å². The Labute approximate surface area is 163 Å². The van der Waals surface area contributed by atoms with Crippen molar-refractivity contribution in [2.45, 2.75) is 19.4 Å². The molecule has 1 fully saturated rings. The van der Waals surface area contributed by atoms with Crippen molar-refractivity contribution in [1.29, 1.82) is 0 Å². The second-order valence-corrected chi connectivity index (χ2v) is 6.54. The van der Waals surface area contributed by atoms with E-state index in [-0.39, 0.29) is 24.4 Å². The maximum Gasteiger partial charge on any atom is 0.309 e. The molecule has 2 aromatic rings. The van der Waals surface area contributed by atoms with Crippen molar-refractivity contribution in [3.63, 3.8) is 0 Å². The number of nitrogens with one attached hydrogen (secondary N) is 1. The number of benzene rings is 1. The summed E-state index contributed by atoms with van der Waals surface area (Å²) in [4.78, 5) is 34.6. The molecule has 1 aliphatic rings. The standard InChI is InChI=1S/C20H24N4O4/c1-27-17-5-3-15(4-6-17)13-23-18(25)14-28-19(26)16-7-11-24(12-8-16)20-21-9-2-10-22-20/h2-6,9-10,16H,7-8,11-14H2,1H3,(H,23,25). The lowest BCUT2D eigenvalue weighted by Gasteiger charge is -2.30. The fraction of sp³-hybridized carbons (Fsp3) is 0.400. The number of ether oxygens (including phenoxy) is 2. The zero-order chi connectivity index (χ0) is 19.8. The van der Waals surface area contributed by atoms with E-state index in [1.165, 1.54) is 0 Å². The number of rotatable bonds is 7. The number of carbonyl (C=O) groups excluding carboxylic acids is 2. The highest BCUT2D eigenvalue weighted by Crippen LogP contribution is 2.21. The summed E-state index contributed by atoms with van der Waals surface area (Å²) in [6.45, 7) is 1.48. The molecule has 2 heterocycles. The van der Waals surface area contributed by atoms with Crippen LogP contribution in [-0.2, 0) is 20.9 Å². The van der Waals surface area contributed by atoms with Crippen molar-refractivity contribution in [2.24, 2.45) is 5.92 Å². The number of hydrogen-bond donors (Lipinski definition) is 1. The van der Waals surface area contributed by atoms with E-state index in [4.69, 9.17) is 9.47 Å². The molecule has 0 bridgehead atoms. The van der Waals surface area contributed by atoms with Gasteiger partial charge in [-0.25, -0.2) is 9.97 Å². The van der Waals surface area contributed by atoms with E-state index in [0.29, 0.717) is 38.4 Å². The summed E-state index contributed by atoms with van der Waals surface area (Å²) < 4.78 is 10.3. The van der Waals surface area contributed by atoms with E-state index in [1.54, 1.807) is 25.6 Å². The molecule has 0 aliphatic carbocycles. The Balaban J connectivity index is 1.36. The lowest BCUT2D eigenvalue weighted by atomic mass is 9.97. The Morgan fingerprint density at radius 1 is 1.14 bits per heavy atom. The summed E-state index contributed by atoms with van der Waals surface area (Å²) in [5.41, 5.74) is 0.941.